The quantitative estimate of drug-likeness (QED) is 0.497. The van der Waals surface area contributed by atoms with Gasteiger partial charge in [-0.05, 0) is 32.9 Å². The lowest BCUT2D eigenvalue weighted by Gasteiger charge is -2.35. The molecule has 1 saturated heterocycles. The van der Waals surface area contributed by atoms with E-state index in [1.807, 2.05) is 4.90 Å². The van der Waals surface area contributed by atoms with Crippen molar-refractivity contribution in [2.45, 2.75) is 31.9 Å². The van der Waals surface area contributed by atoms with E-state index in [2.05, 4.69) is 10.6 Å². The summed E-state index contributed by atoms with van der Waals surface area (Å²) in [4.78, 5) is 38.0. The predicted octanol–water partition coefficient (Wildman–Crippen LogP) is 0.281. The summed E-state index contributed by atoms with van der Waals surface area (Å²) in [7, 11) is -3.93. The summed E-state index contributed by atoms with van der Waals surface area (Å²) in [6.07, 6.45) is 0. The second kappa shape index (κ2) is 10.4. The summed E-state index contributed by atoms with van der Waals surface area (Å²) in [5.41, 5.74) is 0.778. The van der Waals surface area contributed by atoms with Crippen LogP contribution in [0, 0.1) is 0 Å². The van der Waals surface area contributed by atoms with Gasteiger partial charge in [0.2, 0.25) is 10.9 Å². The van der Waals surface area contributed by atoms with Crippen molar-refractivity contribution in [3.8, 4) is 0 Å². The molecule has 1 aromatic heterocycles. The molecule has 2 amide bonds. The topological polar surface area (TPSA) is 147 Å². The fraction of sp³-hybridized carbons (Fsp3) is 0.550. The second-order valence-electron chi connectivity index (χ2n) is 7.45. The summed E-state index contributed by atoms with van der Waals surface area (Å²) in [6, 6.07) is 1.57. The molecule has 0 saturated carbocycles. The average Bonchev–Trinajstić information content (AvgIpc) is 3.25. The summed E-state index contributed by atoms with van der Waals surface area (Å²) < 4.78 is 42.2. The van der Waals surface area contributed by atoms with Gasteiger partial charge in [0.05, 0.1) is 24.8 Å². The highest BCUT2D eigenvalue weighted by Gasteiger charge is 2.34. The Bertz CT molecular complexity index is 1040. The summed E-state index contributed by atoms with van der Waals surface area (Å²) in [6.45, 7) is 6.71. The Morgan fingerprint density at radius 1 is 1.09 bits per heavy atom. The first-order chi connectivity index (χ1) is 15.7. The molecule has 2 N–H and O–H groups in total. The van der Waals surface area contributed by atoms with E-state index in [4.69, 9.17) is 13.9 Å². The van der Waals surface area contributed by atoms with Crippen LogP contribution in [0.15, 0.2) is 32.9 Å². The number of carbonyl (C=O) groups is 3. The first-order valence-corrected chi connectivity index (χ1v) is 12.1. The number of nitrogens with zero attached hydrogens (tertiary/aromatic N) is 2. The van der Waals surface area contributed by atoms with Gasteiger partial charge in [-0.2, -0.15) is 4.31 Å². The van der Waals surface area contributed by atoms with Crippen LogP contribution >= 0.6 is 0 Å². The van der Waals surface area contributed by atoms with E-state index in [1.165, 1.54) is 16.4 Å². The minimum atomic E-state index is -3.93. The van der Waals surface area contributed by atoms with Crippen molar-refractivity contribution >= 4 is 28.0 Å². The van der Waals surface area contributed by atoms with Crippen molar-refractivity contribution in [1.29, 1.82) is 0 Å². The number of amides is 2. The first-order valence-electron chi connectivity index (χ1n) is 10.6. The van der Waals surface area contributed by atoms with E-state index < -0.39 is 34.0 Å². The molecule has 3 rings (SSSR count). The maximum absolute atomic E-state index is 12.9. The molecule has 0 spiro atoms. The lowest BCUT2D eigenvalue weighted by Crippen LogP contribution is -2.53. The van der Waals surface area contributed by atoms with Crippen molar-refractivity contribution in [2.75, 3.05) is 45.9 Å². The Balaban J connectivity index is 1.67. The van der Waals surface area contributed by atoms with E-state index in [-0.39, 0.29) is 43.7 Å². The van der Waals surface area contributed by atoms with Gasteiger partial charge in [0.1, 0.15) is 0 Å². The Labute approximate surface area is 191 Å². The van der Waals surface area contributed by atoms with Crippen LogP contribution < -0.4 is 10.6 Å². The molecule has 12 nitrogen and oxygen atoms in total. The maximum Gasteiger partial charge on any atom is 0.374 e. The van der Waals surface area contributed by atoms with Gasteiger partial charge in [-0.25, -0.2) is 22.8 Å². The largest absolute Gasteiger partial charge is 0.463 e. The molecule has 3 heterocycles. The molecule has 1 aromatic rings. The van der Waals surface area contributed by atoms with Gasteiger partial charge in [0, 0.05) is 38.4 Å². The van der Waals surface area contributed by atoms with Gasteiger partial charge in [-0.3, -0.25) is 4.90 Å². The zero-order chi connectivity index (χ0) is 24.2. The third kappa shape index (κ3) is 5.54. The highest BCUT2D eigenvalue weighted by atomic mass is 32.2. The highest BCUT2D eigenvalue weighted by Crippen LogP contribution is 2.22. The van der Waals surface area contributed by atoms with Crippen LogP contribution in [0.1, 0.15) is 31.3 Å². The lowest BCUT2D eigenvalue weighted by atomic mass is 10.0. The molecule has 0 radical (unpaired) electrons. The van der Waals surface area contributed by atoms with Crippen LogP contribution in [0.25, 0.3) is 0 Å². The molecule has 0 bridgehead atoms. The fourth-order valence-corrected chi connectivity index (χ4v) is 4.99. The average molecular weight is 485 g/mol. The number of carbonyl (C=O) groups excluding carboxylic acids is 3. The van der Waals surface area contributed by atoms with Gasteiger partial charge in [-0.15, -0.1) is 0 Å². The molecule has 0 aliphatic carbocycles. The van der Waals surface area contributed by atoms with Crippen LogP contribution in [0.3, 0.4) is 0 Å². The lowest BCUT2D eigenvalue weighted by molar-refractivity contribution is -0.139. The zero-order valence-electron chi connectivity index (χ0n) is 18.8. The Kier molecular flexibility index (Phi) is 7.76. The maximum atomic E-state index is 12.9. The van der Waals surface area contributed by atoms with Crippen molar-refractivity contribution < 1.29 is 36.7 Å². The van der Waals surface area contributed by atoms with Gasteiger partial charge >= 0.3 is 18.0 Å². The molecule has 182 valence electrons. The van der Waals surface area contributed by atoms with Crippen molar-refractivity contribution in [3.05, 3.63) is 29.2 Å². The van der Waals surface area contributed by atoms with Gasteiger partial charge in [0.15, 0.2) is 0 Å². The smallest absolute Gasteiger partial charge is 0.374 e. The molecular weight excluding hydrogens is 456 g/mol. The number of sulfonamides is 1. The number of hydrogen-bond donors (Lipinski definition) is 2. The highest BCUT2D eigenvalue weighted by molar-refractivity contribution is 7.89. The zero-order valence-corrected chi connectivity index (χ0v) is 19.6. The first kappa shape index (κ1) is 24.7. The van der Waals surface area contributed by atoms with Gasteiger partial charge < -0.3 is 24.5 Å². The van der Waals surface area contributed by atoms with Crippen molar-refractivity contribution in [1.82, 2.24) is 19.8 Å². The monoisotopic (exact) mass is 484 g/mol. The SMILES string of the molecule is CCOC(=O)C1=C(CN2CCN(S(=O)(=O)c3ccc(C(=O)OCC)o3)CC2)NC(=O)NC1C. The number of hydrogen-bond acceptors (Lipinski definition) is 9. The van der Waals surface area contributed by atoms with Gasteiger partial charge in [0.25, 0.3) is 10.0 Å². The summed E-state index contributed by atoms with van der Waals surface area (Å²) >= 11 is 0. The molecular formula is C20H28N4O8S. The minimum absolute atomic E-state index is 0.146. The van der Waals surface area contributed by atoms with Gasteiger partial charge in [-0.1, -0.05) is 0 Å². The van der Waals surface area contributed by atoms with E-state index in [1.54, 1.807) is 20.8 Å². The molecule has 2 aliphatic rings. The predicted molar refractivity (Wildman–Crippen MR) is 115 cm³/mol. The summed E-state index contributed by atoms with van der Waals surface area (Å²) in [5.74, 6) is -1.42. The number of ether oxygens (including phenoxy) is 2. The molecule has 0 aromatic carbocycles. The number of furan rings is 1. The second-order valence-corrected chi connectivity index (χ2v) is 9.32. The Morgan fingerprint density at radius 2 is 1.73 bits per heavy atom. The van der Waals surface area contributed by atoms with Crippen LogP contribution in [-0.2, 0) is 24.3 Å². The number of piperazine rings is 1. The molecule has 1 fully saturated rings. The number of esters is 2. The standard InChI is InChI=1S/C20H28N4O8S/c1-4-30-18(25)15-6-7-16(32-15)33(28,29)24-10-8-23(9-11-24)12-14-17(19(26)31-5-2)13(3)21-20(27)22-14/h6-7,13H,4-5,8-12H2,1-3H3,(H2,21,22,27). The Hall–Kier alpha value is -2.90. The van der Waals surface area contributed by atoms with E-state index in [9.17, 15) is 22.8 Å². The van der Waals surface area contributed by atoms with E-state index >= 15 is 0 Å². The molecule has 2 aliphatic heterocycles. The van der Waals surface area contributed by atoms with Crippen molar-refractivity contribution in [3.63, 3.8) is 0 Å². The van der Waals surface area contributed by atoms with Crippen LogP contribution in [0.4, 0.5) is 4.79 Å². The number of rotatable bonds is 8. The summed E-state index contributed by atoms with van der Waals surface area (Å²) in [5, 5.41) is 4.98. The Morgan fingerprint density at radius 3 is 2.36 bits per heavy atom. The molecule has 1 atom stereocenters. The molecule has 1 unspecified atom stereocenters. The van der Waals surface area contributed by atoms with Crippen LogP contribution in [0.2, 0.25) is 0 Å². The van der Waals surface area contributed by atoms with Crippen molar-refractivity contribution in [2.24, 2.45) is 0 Å². The molecule has 33 heavy (non-hydrogen) atoms. The van der Waals surface area contributed by atoms with Crippen LogP contribution in [-0.4, -0.2) is 87.6 Å². The fourth-order valence-electron chi connectivity index (χ4n) is 3.65. The minimum Gasteiger partial charge on any atom is -0.463 e. The van der Waals surface area contributed by atoms with E-state index in [0.29, 0.717) is 24.4 Å². The van der Waals surface area contributed by atoms with E-state index in [0.717, 1.165) is 0 Å². The number of nitrogens with one attached hydrogen (secondary N) is 2. The normalized spacial score (nSPS) is 20.2. The molecule has 13 heteroatoms. The third-order valence-corrected chi connectivity index (χ3v) is 7.00. The number of urea groups is 1. The van der Waals surface area contributed by atoms with Crippen LogP contribution in [0.5, 0.6) is 0 Å². The third-order valence-electron chi connectivity index (χ3n) is 5.23.